The summed E-state index contributed by atoms with van der Waals surface area (Å²) < 4.78 is 0. The van der Waals surface area contributed by atoms with Gasteiger partial charge in [0.05, 0.1) is 6.61 Å². The fourth-order valence-electron chi connectivity index (χ4n) is 1.07. The van der Waals surface area contributed by atoms with E-state index in [4.69, 9.17) is 25.7 Å². The number of carbonyl (C=O) groups is 2. The van der Waals surface area contributed by atoms with E-state index in [9.17, 15) is 0 Å². The van der Waals surface area contributed by atoms with E-state index in [1.807, 2.05) is 6.08 Å². The zero-order valence-electron chi connectivity index (χ0n) is 10.6. The molecule has 0 fully saturated rings. The van der Waals surface area contributed by atoms with Gasteiger partial charge in [-0.15, -0.1) is 0 Å². The summed E-state index contributed by atoms with van der Waals surface area (Å²) >= 11 is 0. The molecule has 0 aliphatic carbocycles. The molecule has 0 saturated heterocycles. The number of benzene rings is 1. The van der Waals surface area contributed by atoms with Crippen LogP contribution in [0, 0.1) is 6.92 Å². The van der Waals surface area contributed by atoms with Gasteiger partial charge in [0.15, 0.2) is 0 Å². The van der Waals surface area contributed by atoms with Gasteiger partial charge in [-0.3, -0.25) is 0 Å². The minimum atomic E-state index is -1.82. The Labute approximate surface area is 111 Å². The van der Waals surface area contributed by atoms with E-state index in [0.717, 1.165) is 6.42 Å². The van der Waals surface area contributed by atoms with Gasteiger partial charge in [-0.05, 0) is 18.9 Å². The molecule has 0 heterocycles. The zero-order chi connectivity index (χ0) is 14.7. The Morgan fingerprint density at radius 1 is 1.16 bits per heavy atom. The van der Waals surface area contributed by atoms with Crippen LogP contribution in [-0.4, -0.2) is 28.8 Å². The van der Waals surface area contributed by atoms with Crippen LogP contribution >= 0.6 is 0 Å². The number of nitrogens with two attached hydrogens (primary N) is 1. The normalized spacial score (nSPS) is 9.79. The summed E-state index contributed by atoms with van der Waals surface area (Å²) in [6, 6.07) is 8.48. The summed E-state index contributed by atoms with van der Waals surface area (Å²) in [5.74, 6) is 1.23. The molecule has 19 heavy (non-hydrogen) atoms. The number of hydrogen-bond acceptors (Lipinski definition) is 4. The fourth-order valence-corrected chi connectivity index (χ4v) is 1.07. The molecule has 0 aliphatic rings. The molecule has 6 nitrogen and oxygen atoms in total. The van der Waals surface area contributed by atoms with Crippen LogP contribution in [0.15, 0.2) is 36.4 Å². The van der Waals surface area contributed by atoms with Crippen LogP contribution < -0.4 is 5.90 Å². The van der Waals surface area contributed by atoms with E-state index >= 15 is 0 Å². The second kappa shape index (κ2) is 9.81. The first-order valence-electron chi connectivity index (χ1n) is 5.45. The van der Waals surface area contributed by atoms with Crippen molar-refractivity contribution in [2.75, 3.05) is 6.61 Å². The van der Waals surface area contributed by atoms with Gasteiger partial charge >= 0.3 is 11.9 Å². The van der Waals surface area contributed by atoms with Crippen molar-refractivity contribution in [2.45, 2.75) is 13.3 Å². The highest BCUT2D eigenvalue weighted by atomic mass is 16.6. The summed E-state index contributed by atoms with van der Waals surface area (Å²) in [5, 5.41) is 14.8. The molecule has 0 atom stereocenters. The minimum absolute atomic E-state index is 0.478. The summed E-state index contributed by atoms with van der Waals surface area (Å²) in [6.07, 6.45) is 4.90. The van der Waals surface area contributed by atoms with E-state index in [1.54, 1.807) is 0 Å². The van der Waals surface area contributed by atoms with Gasteiger partial charge in [-0.25, -0.2) is 15.5 Å². The molecular formula is C13H17NO5. The molecule has 0 radical (unpaired) electrons. The van der Waals surface area contributed by atoms with Crippen LogP contribution in [0.3, 0.4) is 0 Å². The first-order chi connectivity index (χ1) is 8.97. The standard InChI is InChI=1S/C11H15NO.C2H2O4/c1-10-5-7-11(8-6-10)4-2-3-9-13-12;3-1(4)2(5)6/h2-3,5-8H,4,9,12H2,1H3;(H,3,4)(H,5,6)/b3-2+;. The van der Waals surface area contributed by atoms with Crippen LogP contribution in [0.5, 0.6) is 0 Å². The van der Waals surface area contributed by atoms with Crippen molar-refractivity contribution < 1.29 is 24.6 Å². The first kappa shape index (κ1) is 16.8. The summed E-state index contributed by atoms with van der Waals surface area (Å²) in [6.45, 7) is 2.56. The van der Waals surface area contributed by atoms with E-state index in [2.05, 4.69) is 42.1 Å². The van der Waals surface area contributed by atoms with Crippen LogP contribution in [0.2, 0.25) is 0 Å². The van der Waals surface area contributed by atoms with E-state index in [0.29, 0.717) is 6.61 Å². The van der Waals surface area contributed by atoms with Gasteiger partial charge in [0.2, 0.25) is 0 Å². The molecule has 0 bridgehead atoms. The van der Waals surface area contributed by atoms with Crippen molar-refractivity contribution in [1.29, 1.82) is 0 Å². The molecule has 0 unspecified atom stereocenters. The van der Waals surface area contributed by atoms with Crippen molar-refractivity contribution in [1.82, 2.24) is 0 Å². The highest BCUT2D eigenvalue weighted by Gasteiger charge is 2.04. The summed E-state index contributed by atoms with van der Waals surface area (Å²) in [5.41, 5.74) is 2.59. The lowest BCUT2D eigenvalue weighted by molar-refractivity contribution is -0.159. The third kappa shape index (κ3) is 9.51. The Balaban J connectivity index is 0.000000459. The number of hydrogen-bond donors (Lipinski definition) is 3. The highest BCUT2D eigenvalue weighted by Crippen LogP contribution is 2.03. The van der Waals surface area contributed by atoms with Gasteiger partial charge in [-0.1, -0.05) is 42.0 Å². The van der Waals surface area contributed by atoms with Gasteiger partial charge in [0, 0.05) is 0 Å². The van der Waals surface area contributed by atoms with Crippen LogP contribution in [0.25, 0.3) is 0 Å². The lowest BCUT2D eigenvalue weighted by Gasteiger charge is -1.96. The second-order valence-electron chi connectivity index (χ2n) is 3.60. The zero-order valence-corrected chi connectivity index (χ0v) is 10.6. The predicted molar refractivity (Wildman–Crippen MR) is 69.4 cm³/mol. The maximum Gasteiger partial charge on any atom is 0.414 e. The SMILES string of the molecule is Cc1ccc(C/C=C/CON)cc1.O=C(O)C(=O)O. The van der Waals surface area contributed by atoms with Crippen molar-refractivity contribution in [2.24, 2.45) is 5.90 Å². The largest absolute Gasteiger partial charge is 0.473 e. The fraction of sp³-hybridized carbons (Fsp3) is 0.231. The third-order valence-electron chi connectivity index (χ3n) is 2.02. The van der Waals surface area contributed by atoms with Gasteiger partial charge < -0.3 is 15.1 Å². The van der Waals surface area contributed by atoms with Crippen LogP contribution in [-0.2, 0) is 20.8 Å². The summed E-state index contributed by atoms with van der Waals surface area (Å²) in [7, 11) is 0. The molecule has 1 aromatic rings. The average Bonchev–Trinajstić information content (AvgIpc) is 2.37. The Morgan fingerprint density at radius 2 is 1.68 bits per heavy atom. The van der Waals surface area contributed by atoms with Gasteiger partial charge in [0.1, 0.15) is 0 Å². The van der Waals surface area contributed by atoms with Crippen LogP contribution in [0.1, 0.15) is 11.1 Å². The molecular weight excluding hydrogens is 250 g/mol. The highest BCUT2D eigenvalue weighted by molar-refractivity contribution is 6.27. The van der Waals surface area contributed by atoms with E-state index < -0.39 is 11.9 Å². The van der Waals surface area contributed by atoms with Crippen molar-refractivity contribution >= 4 is 11.9 Å². The third-order valence-corrected chi connectivity index (χ3v) is 2.02. The molecule has 4 N–H and O–H groups in total. The molecule has 6 heteroatoms. The number of aryl methyl sites for hydroxylation is 1. The topological polar surface area (TPSA) is 110 Å². The predicted octanol–water partition coefficient (Wildman–Crippen LogP) is 1.14. The van der Waals surface area contributed by atoms with E-state index in [1.165, 1.54) is 11.1 Å². The molecule has 0 spiro atoms. The van der Waals surface area contributed by atoms with Crippen molar-refractivity contribution in [3.05, 3.63) is 47.5 Å². The number of rotatable bonds is 4. The molecule has 104 valence electrons. The van der Waals surface area contributed by atoms with Crippen LogP contribution in [0.4, 0.5) is 0 Å². The van der Waals surface area contributed by atoms with E-state index in [-0.39, 0.29) is 0 Å². The lowest BCUT2D eigenvalue weighted by atomic mass is 10.1. The van der Waals surface area contributed by atoms with Crippen molar-refractivity contribution in [3.63, 3.8) is 0 Å². The van der Waals surface area contributed by atoms with Crippen molar-refractivity contribution in [3.8, 4) is 0 Å². The molecule has 1 rings (SSSR count). The molecule has 0 saturated carbocycles. The quantitative estimate of drug-likeness (QED) is 0.428. The monoisotopic (exact) mass is 267 g/mol. The van der Waals surface area contributed by atoms with Gasteiger partial charge in [0.25, 0.3) is 0 Å². The Bertz CT molecular complexity index is 413. The maximum absolute atomic E-state index is 9.10. The summed E-state index contributed by atoms with van der Waals surface area (Å²) in [4.78, 5) is 22.6. The Morgan fingerprint density at radius 3 is 2.11 bits per heavy atom. The number of carboxylic acids is 2. The molecule has 0 aliphatic heterocycles. The Kier molecular flexibility index (Phi) is 8.68. The molecule has 0 aromatic heterocycles. The maximum atomic E-state index is 9.10. The molecule has 0 amide bonds. The number of aliphatic carboxylic acids is 2. The average molecular weight is 267 g/mol. The van der Waals surface area contributed by atoms with Gasteiger partial charge in [-0.2, -0.15) is 0 Å². The first-order valence-corrected chi connectivity index (χ1v) is 5.45. The smallest absolute Gasteiger partial charge is 0.414 e. The number of carboxylic acid groups (broad SMARTS) is 2. The minimum Gasteiger partial charge on any atom is -0.473 e. The molecule has 1 aromatic carbocycles. The Hall–Kier alpha value is -2.18. The number of allylic oxidation sites excluding steroid dienone is 1. The second-order valence-corrected chi connectivity index (χ2v) is 3.60. The lowest BCUT2D eigenvalue weighted by Crippen LogP contribution is -2.09.